The van der Waals surface area contributed by atoms with Crippen LogP contribution < -0.4 is 5.32 Å². The minimum atomic E-state index is -0.649. The van der Waals surface area contributed by atoms with Crippen LogP contribution in [0, 0.1) is 11.6 Å². The molecule has 2 aromatic carbocycles. The van der Waals surface area contributed by atoms with Crippen LogP contribution in [0.15, 0.2) is 54.6 Å². The van der Waals surface area contributed by atoms with E-state index in [-0.39, 0.29) is 5.69 Å². The van der Waals surface area contributed by atoms with E-state index in [9.17, 15) is 13.6 Å². The van der Waals surface area contributed by atoms with Gasteiger partial charge in [0.25, 0.3) is 0 Å². The number of piperazine rings is 1. The molecule has 1 fully saturated rings. The van der Waals surface area contributed by atoms with E-state index in [1.807, 2.05) is 30.3 Å². The Morgan fingerprint density at radius 1 is 1.04 bits per heavy atom. The largest absolute Gasteiger partial charge is 0.322 e. The summed E-state index contributed by atoms with van der Waals surface area (Å²) >= 11 is 0. The van der Waals surface area contributed by atoms with E-state index in [2.05, 4.69) is 22.4 Å². The van der Waals surface area contributed by atoms with Crippen molar-refractivity contribution in [2.24, 2.45) is 0 Å². The molecule has 0 atom stereocenters. The third kappa shape index (κ3) is 4.89. The van der Waals surface area contributed by atoms with E-state index in [0.717, 1.165) is 43.4 Å². The molecule has 0 aliphatic carbocycles. The molecule has 0 unspecified atom stereocenters. The highest BCUT2D eigenvalue weighted by atomic mass is 19.1. The van der Waals surface area contributed by atoms with Crippen LogP contribution in [0.25, 0.3) is 6.08 Å². The fourth-order valence-corrected chi connectivity index (χ4v) is 2.82. The molecule has 0 saturated carbocycles. The van der Waals surface area contributed by atoms with Crippen molar-refractivity contribution in [1.82, 2.24) is 9.80 Å². The molecule has 1 heterocycles. The molecule has 1 aliphatic heterocycles. The summed E-state index contributed by atoms with van der Waals surface area (Å²) in [5.41, 5.74) is 1.02. The van der Waals surface area contributed by atoms with Gasteiger partial charge in [-0.25, -0.2) is 13.6 Å². The highest BCUT2D eigenvalue weighted by molar-refractivity contribution is 5.89. The topological polar surface area (TPSA) is 35.6 Å². The summed E-state index contributed by atoms with van der Waals surface area (Å²) in [6.45, 7) is 3.36. The quantitative estimate of drug-likeness (QED) is 0.903. The van der Waals surface area contributed by atoms with Crippen molar-refractivity contribution in [3.05, 3.63) is 71.8 Å². The number of halogens is 2. The molecule has 136 valence electrons. The van der Waals surface area contributed by atoms with Crippen molar-refractivity contribution in [2.45, 2.75) is 0 Å². The van der Waals surface area contributed by atoms with Crippen LogP contribution in [0.2, 0.25) is 0 Å². The molecule has 0 aromatic heterocycles. The van der Waals surface area contributed by atoms with Crippen LogP contribution in [0.3, 0.4) is 0 Å². The molecule has 0 radical (unpaired) electrons. The van der Waals surface area contributed by atoms with Crippen LogP contribution in [0.1, 0.15) is 5.56 Å². The minimum Gasteiger partial charge on any atom is -0.322 e. The molecule has 0 bridgehead atoms. The Morgan fingerprint density at radius 2 is 1.77 bits per heavy atom. The van der Waals surface area contributed by atoms with E-state index in [4.69, 9.17) is 0 Å². The maximum atomic E-state index is 13.6. The first-order valence-electron chi connectivity index (χ1n) is 8.57. The highest BCUT2D eigenvalue weighted by Crippen LogP contribution is 2.16. The molecule has 6 heteroatoms. The van der Waals surface area contributed by atoms with Crippen molar-refractivity contribution in [3.63, 3.8) is 0 Å². The number of anilines is 1. The van der Waals surface area contributed by atoms with Gasteiger partial charge < -0.3 is 10.2 Å². The van der Waals surface area contributed by atoms with E-state index in [1.165, 1.54) is 0 Å². The third-order valence-corrected chi connectivity index (χ3v) is 4.30. The summed E-state index contributed by atoms with van der Waals surface area (Å²) in [5, 5.41) is 2.44. The maximum Gasteiger partial charge on any atom is 0.322 e. The Morgan fingerprint density at radius 3 is 2.50 bits per heavy atom. The van der Waals surface area contributed by atoms with Gasteiger partial charge in [0.1, 0.15) is 11.6 Å². The zero-order chi connectivity index (χ0) is 18.4. The second-order valence-electron chi connectivity index (χ2n) is 6.16. The maximum absolute atomic E-state index is 13.6. The number of hydrogen-bond acceptors (Lipinski definition) is 2. The second kappa shape index (κ2) is 8.58. The first-order chi connectivity index (χ1) is 12.6. The first kappa shape index (κ1) is 18.1. The summed E-state index contributed by atoms with van der Waals surface area (Å²) in [4.78, 5) is 16.1. The SMILES string of the molecule is O=C(Nc1cc(F)ccc1F)N1CCN(CC=Cc2ccccc2)CC1. The smallest absolute Gasteiger partial charge is 0.322 e. The third-order valence-electron chi connectivity index (χ3n) is 4.30. The Labute approximate surface area is 151 Å². The average Bonchev–Trinajstić information content (AvgIpc) is 2.66. The number of urea groups is 1. The van der Waals surface area contributed by atoms with Gasteiger partial charge in [-0.05, 0) is 17.7 Å². The average molecular weight is 357 g/mol. The zero-order valence-electron chi connectivity index (χ0n) is 14.4. The van der Waals surface area contributed by atoms with E-state index >= 15 is 0 Å². The van der Waals surface area contributed by atoms with Gasteiger partial charge in [-0.3, -0.25) is 4.90 Å². The molecule has 1 N–H and O–H groups in total. The molecular formula is C20H21F2N3O. The van der Waals surface area contributed by atoms with Crippen molar-refractivity contribution in [3.8, 4) is 0 Å². The Kier molecular flexibility index (Phi) is 5.96. The monoisotopic (exact) mass is 357 g/mol. The number of benzene rings is 2. The first-order valence-corrected chi connectivity index (χ1v) is 8.57. The van der Waals surface area contributed by atoms with Gasteiger partial charge in [-0.2, -0.15) is 0 Å². The van der Waals surface area contributed by atoms with Gasteiger partial charge in [-0.15, -0.1) is 0 Å². The second-order valence-corrected chi connectivity index (χ2v) is 6.16. The van der Waals surface area contributed by atoms with Crippen LogP contribution in [-0.2, 0) is 0 Å². The predicted octanol–water partition coefficient (Wildman–Crippen LogP) is 3.83. The summed E-state index contributed by atoms with van der Waals surface area (Å²) in [7, 11) is 0. The van der Waals surface area contributed by atoms with Gasteiger partial charge >= 0.3 is 6.03 Å². The molecule has 4 nitrogen and oxygen atoms in total. The number of nitrogens with one attached hydrogen (secondary N) is 1. The van der Waals surface area contributed by atoms with E-state index < -0.39 is 17.7 Å². The Hall–Kier alpha value is -2.73. The standard InChI is InChI=1S/C20H21F2N3O/c21-17-8-9-18(22)19(15-17)23-20(26)25-13-11-24(12-14-25)10-4-7-16-5-2-1-3-6-16/h1-9,15H,10-14H2,(H,23,26). The van der Waals surface area contributed by atoms with Crippen molar-refractivity contribution in [2.75, 3.05) is 38.0 Å². The predicted molar refractivity (Wildman–Crippen MR) is 98.9 cm³/mol. The van der Waals surface area contributed by atoms with Gasteiger partial charge in [0.05, 0.1) is 5.69 Å². The number of nitrogens with zero attached hydrogens (tertiary/aromatic N) is 2. The number of carbonyl (C=O) groups excluding carboxylic acids is 1. The summed E-state index contributed by atoms with van der Waals surface area (Å²) in [6.07, 6.45) is 4.18. The van der Waals surface area contributed by atoms with Crippen LogP contribution in [0.4, 0.5) is 19.3 Å². The fourth-order valence-electron chi connectivity index (χ4n) is 2.82. The number of rotatable bonds is 4. The molecule has 1 aliphatic rings. The van der Waals surface area contributed by atoms with Crippen LogP contribution in [0.5, 0.6) is 0 Å². The van der Waals surface area contributed by atoms with Crippen molar-refractivity contribution in [1.29, 1.82) is 0 Å². The normalized spacial score (nSPS) is 15.4. The Bertz CT molecular complexity index is 772. The van der Waals surface area contributed by atoms with Gasteiger partial charge in [-0.1, -0.05) is 42.5 Å². The highest BCUT2D eigenvalue weighted by Gasteiger charge is 2.21. The van der Waals surface area contributed by atoms with Crippen molar-refractivity contribution >= 4 is 17.8 Å². The molecule has 2 amide bonds. The van der Waals surface area contributed by atoms with Crippen molar-refractivity contribution < 1.29 is 13.6 Å². The van der Waals surface area contributed by atoms with Crippen LogP contribution in [-0.4, -0.2) is 48.6 Å². The summed E-state index contributed by atoms with van der Waals surface area (Å²) < 4.78 is 26.8. The number of amides is 2. The number of hydrogen-bond donors (Lipinski definition) is 1. The molecule has 26 heavy (non-hydrogen) atoms. The van der Waals surface area contributed by atoms with E-state index in [0.29, 0.717) is 13.1 Å². The Balaban J connectivity index is 1.46. The number of carbonyl (C=O) groups is 1. The minimum absolute atomic E-state index is 0.136. The lowest BCUT2D eigenvalue weighted by atomic mass is 10.2. The molecule has 0 spiro atoms. The van der Waals surface area contributed by atoms with Gasteiger partial charge in [0.2, 0.25) is 0 Å². The summed E-state index contributed by atoms with van der Waals surface area (Å²) in [6, 6.07) is 12.7. The lowest BCUT2D eigenvalue weighted by Gasteiger charge is -2.34. The fraction of sp³-hybridized carbons (Fsp3) is 0.250. The lowest BCUT2D eigenvalue weighted by Crippen LogP contribution is -2.50. The van der Waals surface area contributed by atoms with Gasteiger partial charge in [0.15, 0.2) is 0 Å². The van der Waals surface area contributed by atoms with Gasteiger partial charge in [0, 0.05) is 38.8 Å². The summed E-state index contributed by atoms with van der Waals surface area (Å²) in [5.74, 6) is -1.24. The molecule has 3 rings (SSSR count). The zero-order valence-corrected chi connectivity index (χ0v) is 14.4. The van der Waals surface area contributed by atoms with Crippen LogP contribution >= 0.6 is 0 Å². The lowest BCUT2D eigenvalue weighted by molar-refractivity contribution is 0.156. The molecule has 1 saturated heterocycles. The van der Waals surface area contributed by atoms with E-state index in [1.54, 1.807) is 4.90 Å². The molecule has 2 aromatic rings. The molecular weight excluding hydrogens is 336 g/mol.